The number of nitrogens with one attached hydrogen (secondary N) is 2. The Kier molecular flexibility index (Phi) is 3.97. The van der Waals surface area contributed by atoms with Gasteiger partial charge in [0.2, 0.25) is 5.91 Å². The van der Waals surface area contributed by atoms with Crippen LogP contribution in [0.1, 0.15) is 13.3 Å². The van der Waals surface area contributed by atoms with Gasteiger partial charge >= 0.3 is 0 Å². The average Bonchev–Trinajstić information content (AvgIpc) is 2.84. The number of fused-ring (bicyclic) bond motifs is 1. The Hall–Kier alpha value is -1.65. The van der Waals surface area contributed by atoms with Crippen molar-refractivity contribution in [2.75, 3.05) is 12.4 Å². The fourth-order valence-electron chi connectivity index (χ4n) is 1.85. The van der Waals surface area contributed by atoms with E-state index in [9.17, 15) is 13.2 Å². The van der Waals surface area contributed by atoms with E-state index in [2.05, 4.69) is 15.0 Å². The number of aromatic nitrogens is 2. The Balaban J connectivity index is 2.40. The van der Waals surface area contributed by atoms with Crippen molar-refractivity contribution in [1.29, 1.82) is 0 Å². The lowest BCUT2D eigenvalue weighted by atomic mass is 10.2. The molecule has 0 bridgehead atoms. The van der Waals surface area contributed by atoms with Crippen LogP contribution in [0.15, 0.2) is 16.6 Å². The van der Waals surface area contributed by atoms with Crippen molar-refractivity contribution in [3.63, 3.8) is 0 Å². The minimum absolute atomic E-state index is 0.0209. The molecule has 2 rings (SSSR count). The maximum Gasteiger partial charge on any atom is 0.260 e. The lowest BCUT2D eigenvalue weighted by molar-refractivity contribution is -0.118. The molecular weight excluding hydrogens is 302 g/mol. The van der Waals surface area contributed by atoms with Gasteiger partial charge in [-0.25, -0.2) is 18.1 Å². The van der Waals surface area contributed by atoms with Gasteiger partial charge < -0.3 is 11.1 Å². The Bertz CT molecular complexity index is 733. The van der Waals surface area contributed by atoms with Gasteiger partial charge in [0.25, 0.3) is 10.0 Å². The summed E-state index contributed by atoms with van der Waals surface area (Å²) in [4.78, 5) is 15.6. The first-order chi connectivity index (χ1) is 9.35. The number of carbonyl (C=O) groups is 1. The van der Waals surface area contributed by atoms with Crippen LogP contribution >= 0.6 is 11.3 Å². The van der Waals surface area contributed by atoms with Crippen molar-refractivity contribution in [3.05, 3.63) is 11.6 Å². The van der Waals surface area contributed by atoms with Crippen LogP contribution in [0, 0.1) is 0 Å². The first-order valence-corrected chi connectivity index (χ1v) is 8.15. The third kappa shape index (κ3) is 2.76. The maximum atomic E-state index is 12.4. The van der Waals surface area contributed by atoms with Crippen LogP contribution in [-0.2, 0) is 14.8 Å². The van der Waals surface area contributed by atoms with Crippen LogP contribution in [0.3, 0.4) is 0 Å². The Morgan fingerprint density at radius 1 is 1.60 bits per heavy atom. The first kappa shape index (κ1) is 14.8. The molecule has 8 nitrogen and oxygen atoms in total. The summed E-state index contributed by atoms with van der Waals surface area (Å²) in [6.45, 7) is 1.58. The average molecular weight is 317 g/mol. The number of sulfonamides is 1. The number of hydrogen-bond acceptors (Lipinski definition) is 6. The second-order valence-electron chi connectivity index (χ2n) is 4.26. The number of primary amides is 1. The van der Waals surface area contributed by atoms with Gasteiger partial charge in [0, 0.05) is 31.1 Å². The molecule has 10 heteroatoms. The van der Waals surface area contributed by atoms with E-state index in [4.69, 9.17) is 5.73 Å². The standard InChI is InChI=1S/C10H15N5O3S2/c1-6(5-7(11)16)14-20(17,18)9-8(12-2)13-10-15(9)3-4-19-10/h3-4,6,12,14H,5H2,1-2H3,(H2,11,16). The van der Waals surface area contributed by atoms with Crippen LogP contribution in [0.4, 0.5) is 5.82 Å². The summed E-state index contributed by atoms with van der Waals surface area (Å²) in [6.07, 6.45) is 1.56. The normalized spacial score (nSPS) is 13.5. The second-order valence-corrected chi connectivity index (χ2v) is 6.77. The van der Waals surface area contributed by atoms with Gasteiger partial charge in [-0.1, -0.05) is 0 Å². The van der Waals surface area contributed by atoms with Crippen molar-refractivity contribution in [2.45, 2.75) is 24.4 Å². The summed E-state index contributed by atoms with van der Waals surface area (Å²) < 4.78 is 28.7. The molecule has 110 valence electrons. The Morgan fingerprint density at radius 2 is 2.30 bits per heavy atom. The summed E-state index contributed by atoms with van der Waals surface area (Å²) in [7, 11) is -2.22. The van der Waals surface area contributed by atoms with Gasteiger partial charge in [0.15, 0.2) is 15.8 Å². The largest absolute Gasteiger partial charge is 0.371 e. The molecule has 0 aliphatic heterocycles. The third-order valence-corrected chi connectivity index (χ3v) is 4.94. The fraction of sp³-hybridized carbons (Fsp3) is 0.400. The molecule has 0 spiro atoms. The zero-order valence-corrected chi connectivity index (χ0v) is 12.6. The quantitative estimate of drug-likeness (QED) is 0.692. The van der Waals surface area contributed by atoms with Crippen LogP contribution in [0.5, 0.6) is 0 Å². The Labute approximate surface area is 120 Å². The van der Waals surface area contributed by atoms with E-state index in [1.165, 1.54) is 15.7 Å². The molecule has 0 radical (unpaired) electrons. The highest BCUT2D eigenvalue weighted by Crippen LogP contribution is 2.25. The summed E-state index contributed by atoms with van der Waals surface area (Å²) in [5.74, 6) is -0.307. The highest BCUT2D eigenvalue weighted by Gasteiger charge is 2.27. The van der Waals surface area contributed by atoms with E-state index in [0.717, 1.165) is 0 Å². The van der Waals surface area contributed by atoms with E-state index in [1.807, 2.05) is 0 Å². The van der Waals surface area contributed by atoms with Crippen molar-refractivity contribution < 1.29 is 13.2 Å². The monoisotopic (exact) mass is 317 g/mol. The second kappa shape index (κ2) is 5.38. The van der Waals surface area contributed by atoms with Crippen LogP contribution in [-0.4, -0.2) is 36.8 Å². The molecule has 0 saturated carbocycles. The molecule has 1 unspecified atom stereocenters. The molecule has 4 N–H and O–H groups in total. The molecule has 2 heterocycles. The number of carbonyl (C=O) groups excluding carboxylic acids is 1. The van der Waals surface area contributed by atoms with Gasteiger partial charge in [-0.2, -0.15) is 0 Å². The summed E-state index contributed by atoms with van der Waals surface area (Å²) in [5.41, 5.74) is 5.06. The molecule has 1 amide bonds. The van der Waals surface area contributed by atoms with Gasteiger partial charge in [-0.15, -0.1) is 11.3 Å². The number of anilines is 1. The van der Waals surface area contributed by atoms with E-state index >= 15 is 0 Å². The summed E-state index contributed by atoms with van der Waals surface area (Å²) in [6, 6.07) is -0.591. The van der Waals surface area contributed by atoms with Crippen molar-refractivity contribution in [2.24, 2.45) is 5.73 Å². The minimum atomic E-state index is -3.81. The number of thiazole rings is 1. The predicted octanol–water partition coefficient (Wildman–Crippen LogP) is -0.0203. The highest BCUT2D eigenvalue weighted by atomic mass is 32.2. The number of hydrogen-bond donors (Lipinski definition) is 3. The topological polar surface area (TPSA) is 119 Å². The Morgan fingerprint density at radius 3 is 2.90 bits per heavy atom. The van der Waals surface area contributed by atoms with E-state index in [1.54, 1.807) is 25.5 Å². The molecule has 2 aromatic heterocycles. The number of rotatable bonds is 6. The molecule has 2 aromatic rings. The van der Waals surface area contributed by atoms with Crippen molar-refractivity contribution in [1.82, 2.24) is 14.1 Å². The highest BCUT2D eigenvalue weighted by molar-refractivity contribution is 7.89. The van der Waals surface area contributed by atoms with Gasteiger partial charge in [0.1, 0.15) is 0 Å². The summed E-state index contributed by atoms with van der Waals surface area (Å²) >= 11 is 1.33. The van der Waals surface area contributed by atoms with E-state index in [-0.39, 0.29) is 17.3 Å². The predicted molar refractivity (Wildman–Crippen MR) is 76.2 cm³/mol. The molecule has 0 aliphatic carbocycles. The van der Waals surface area contributed by atoms with Crippen molar-refractivity contribution >= 4 is 38.0 Å². The lowest BCUT2D eigenvalue weighted by Crippen LogP contribution is -2.36. The smallest absolute Gasteiger partial charge is 0.260 e. The number of nitrogens with two attached hydrogens (primary N) is 1. The van der Waals surface area contributed by atoms with Crippen molar-refractivity contribution in [3.8, 4) is 0 Å². The zero-order chi connectivity index (χ0) is 14.9. The molecular formula is C10H15N5O3S2. The SMILES string of the molecule is CNc1nc2sccn2c1S(=O)(=O)NC(C)CC(N)=O. The fourth-order valence-corrected chi connectivity index (χ4v) is 4.15. The van der Waals surface area contributed by atoms with Gasteiger partial charge in [-0.05, 0) is 6.92 Å². The van der Waals surface area contributed by atoms with Crippen LogP contribution in [0.25, 0.3) is 4.96 Å². The minimum Gasteiger partial charge on any atom is -0.371 e. The van der Waals surface area contributed by atoms with E-state index in [0.29, 0.717) is 4.96 Å². The zero-order valence-electron chi connectivity index (χ0n) is 11.0. The first-order valence-electron chi connectivity index (χ1n) is 5.79. The molecule has 1 atom stereocenters. The molecule has 0 aliphatic rings. The van der Waals surface area contributed by atoms with Crippen LogP contribution in [0.2, 0.25) is 0 Å². The number of amides is 1. The summed E-state index contributed by atoms with van der Waals surface area (Å²) in [5, 5.41) is 4.52. The third-order valence-electron chi connectivity index (χ3n) is 2.57. The molecule has 0 aromatic carbocycles. The molecule has 0 fully saturated rings. The number of nitrogens with zero attached hydrogens (tertiary/aromatic N) is 2. The van der Waals surface area contributed by atoms with Gasteiger partial charge in [0.05, 0.1) is 0 Å². The number of imidazole rings is 1. The van der Waals surface area contributed by atoms with Gasteiger partial charge in [-0.3, -0.25) is 9.20 Å². The lowest BCUT2D eigenvalue weighted by Gasteiger charge is -2.12. The maximum absolute atomic E-state index is 12.4. The molecule has 0 saturated heterocycles. The van der Waals surface area contributed by atoms with Crippen LogP contribution < -0.4 is 15.8 Å². The van der Waals surface area contributed by atoms with E-state index < -0.39 is 22.0 Å². The molecule has 20 heavy (non-hydrogen) atoms.